The minimum Gasteiger partial charge on any atom is -0.497 e. The normalized spacial score (nSPS) is 15.1. The van der Waals surface area contributed by atoms with E-state index >= 15 is 0 Å². The third-order valence-electron chi connectivity index (χ3n) is 4.98. The Bertz CT molecular complexity index is 1020. The van der Waals surface area contributed by atoms with E-state index in [1.807, 2.05) is 34.5 Å². The fourth-order valence-electron chi connectivity index (χ4n) is 3.38. The van der Waals surface area contributed by atoms with Crippen LogP contribution in [-0.4, -0.2) is 58.4 Å². The van der Waals surface area contributed by atoms with E-state index in [0.29, 0.717) is 26.1 Å². The van der Waals surface area contributed by atoms with Crippen molar-refractivity contribution >= 4 is 22.2 Å². The number of hydrogen-bond acceptors (Lipinski definition) is 6. The molecule has 3 heterocycles. The highest BCUT2D eigenvalue weighted by molar-refractivity contribution is 7.15. The maximum absolute atomic E-state index is 12.6. The molecule has 0 bridgehead atoms. The number of methoxy groups -OCH3 is 1. The molecule has 3 aromatic rings. The molecule has 1 amide bonds. The van der Waals surface area contributed by atoms with Crippen molar-refractivity contribution in [1.29, 1.82) is 0 Å². The van der Waals surface area contributed by atoms with Crippen LogP contribution in [0.25, 0.3) is 4.96 Å². The Morgan fingerprint density at radius 3 is 2.64 bits per heavy atom. The molecule has 4 rings (SSSR count). The van der Waals surface area contributed by atoms with Gasteiger partial charge in [0.1, 0.15) is 5.75 Å². The molecule has 1 aliphatic heterocycles. The van der Waals surface area contributed by atoms with Gasteiger partial charge in [-0.05, 0) is 17.7 Å². The van der Waals surface area contributed by atoms with Gasteiger partial charge in [0.15, 0.2) is 4.96 Å². The quantitative estimate of drug-likeness (QED) is 0.654. The van der Waals surface area contributed by atoms with Crippen molar-refractivity contribution in [3.63, 3.8) is 0 Å². The summed E-state index contributed by atoms with van der Waals surface area (Å²) < 4.78 is 6.71. The van der Waals surface area contributed by atoms with Gasteiger partial charge in [-0.2, -0.15) is 0 Å². The Hall–Kier alpha value is -2.71. The summed E-state index contributed by atoms with van der Waals surface area (Å²) in [5.74, 6) is 0.931. The predicted octanol–water partition coefficient (Wildman–Crippen LogP) is 1.65. The van der Waals surface area contributed by atoms with Crippen molar-refractivity contribution in [2.45, 2.75) is 13.0 Å². The smallest absolute Gasteiger partial charge is 0.258 e. The number of carbonyl (C=O) groups is 1. The van der Waals surface area contributed by atoms with Crippen LogP contribution in [0.2, 0.25) is 0 Å². The van der Waals surface area contributed by atoms with E-state index in [2.05, 4.69) is 9.88 Å². The van der Waals surface area contributed by atoms with Crippen LogP contribution in [-0.2, 0) is 17.8 Å². The molecule has 7 nitrogen and oxygen atoms in total. The highest BCUT2D eigenvalue weighted by Gasteiger charge is 2.21. The van der Waals surface area contributed by atoms with Gasteiger partial charge in [-0.25, -0.2) is 4.98 Å². The van der Waals surface area contributed by atoms with E-state index in [0.717, 1.165) is 35.1 Å². The van der Waals surface area contributed by atoms with Gasteiger partial charge in [-0.15, -0.1) is 11.3 Å². The maximum Gasteiger partial charge on any atom is 0.258 e. The van der Waals surface area contributed by atoms with Crippen molar-refractivity contribution in [3.8, 4) is 5.75 Å². The van der Waals surface area contributed by atoms with Gasteiger partial charge < -0.3 is 9.64 Å². The Morgan fingerprint density at radius 2 is 1.93 bits per heavy atom. The number of rotatable bonds is 5. The summed E-state index contributed by atoms with van der Waals surface area (Å²) in [6.07, 6.45) is 2.14. The number of benzene rings is 1. The summed E-state index contributed by atoms with van der Waals surface area (Å²) in [7, 11) is 1.63. The molecule has 0 atom stereocenters. The van der Waals surface area contributed by atoms with Crippen LogP contribution in [0.15, 0.2) is 46.7 Å². The van der Waals surface area contributed by atoms with E-state index in [4.69, 9.17) is 4.74 Å². The number of ether oxygens (including phenoxy) is 1. The van der Waals surface area contributed by atoms with Gasteiger partial charge in [-0.1, -0.05) is 12.1 Å². The van der Waals surface area contributed by atoms with E-state index in [1.165, 1.54) is 11.3 Å². The van der Waals surface area contributed by atoms with E-state index in [-0.39, 0.29) is 11.5 Å². The summed E-state index contributed by atoms with van der Waals surface area (Å²) in [5.41, 5.74) is 1.72. The molecule has 1 aliphatic rings. The average molecular weight is 398 g/mol. The molecule has 1 aromatic carbocycles. The molecule has 0 aliphatic carbocycles. The molecule has 28 heavy (non-hydrogen) atoms. The number of carbonyl (C=O) groups excluding carboxylic acids is 1. The Kier molecular flexibility index (Phi) is 5.40. The minimum atomic E-state index is -0.0467. The molecule has 1 saturated heterocycles. The highest BCUT2D eigenvalue weighted by atomic mass is 32.1. The van der Waals surface area contributed by atoms with Crippen LogP contribution >= 0.6 is 11.3 Å². The lowest BCUT2D eigenvalue weighted by atomic mass is 10.1. The first-order valence-electron chi connectivity index (χ1n) is 9.21. The van der Waals surface area contributed by atoms with Gasteiger partial charge in [0, 0.05) is 50.4 Å². The van der Waals surface area contributed by atoms with Crippen LogP contribution < -0.4 is 10.3 Å². The lowest BCUT2D eigenvalue weighted by molar-refractivity contribution is -0.132. The molecular weight excluding hydrogens is 376 g/mol. The van der Waals surface area contributed by atoms with E-state index in [1.54, 1.807) is 23.8 Å². The lowest BCUT2D eigenvalue weighted by Gasteiger charge is -2.34. The van der Waals surface area contributed by atoms with Gasteiger partial charge in [0.05, 0.1) is 19.2 Å². The second kappa shape index (κ2) is 8.12. The second-order valence-electron chi connectivity index (χ2n) is 6.82. The number of nitrogens with zero attached hydrogens (tertiary/aromatic N) is 4. The van der Waals surface area contributed by atoms with Crippen molar-refractivity contribution in [3.05, 3.63) is 63.5 Å². The minimum absolute atomic E-state index is 0.0467. The van der Waals surface area contributed by atoms with Gasteiger partial charge >= 0.3 is 0 Å². The summed E-state index contributed by atoms with van der Waals surface area (Å²) in [6, 6.07) is 9.21. The molecule has 8 heteroatoms. The van der Waals surface area contributed by atoms with Crippen molar-refractivity contribution in [2.24, 2.45) is 0 Å². The molecule has 2 aromatic heterocycles. The summed E-state index contributed by atoms with van der Waals surface area (Å²) in [4.78, 5) is 34.1. The Morgan fingerprint density at radius 1 is 1.18 bits per heavy atom. The number of amides is 1. The monoisotopic (exact) mass is 398 g/mol. The number of aromatic nitrogens is 2. The second-order valence-corrected chi connectivity index (χ2v) is 7.70. The van der Waals surface area contributed by atoms with Crippen LogP contribution in [0.1, 0.15) is 11.3 Å². The number of thiazole rings is 1. The maximum atomic E-state index is 12.6. The summed E-state index contributed by atoms with van der Waals surface area (Å²) in [5, 5.41) is 1.86. The van der Waals surface area contributed by atoms with Gasteiger partial charge in [0.25, 0.3) is 5.56 Å². The van der Waals surface area contributed by atoms with E-state index < -0.39 is 0 Å². The molecule has 0 radical (unpaired) electrons. The molecule has 0 N–H and O–H groups in total. The first kappa shape index (κ1) is 18.6. The standard InChI is InChI=1S/C20H22N4O3S/c1-27-17-4-2-15(3-5-17)12-18(25)23-8-6-22(7-9-23)14-16-13-19(26)24-10-11-28-20(24)21-16/h2-5,10-11,13H,6-9,12,14H2,1H3. The average Bonchev–Trinajstić information content (AvgIpc) is 3.18. The summed E-state index contributed by atoms with van der Waals surface area (Å²) in [6.45, 7) is 3.56. The molecule has 0 unspecified atom stereocenters. The van der Waals surface area contributed by atoms with Crippen LogP contribution in [0.4, 0.5) is 0 Å². The van der Waals surface area contributed by atoms with E-state index in [9.17, 15) is 9.59 Å². The number of fused-ring (bicyclic) bond motifs is 1. The third-order valence-corrected chi connectivity index (χ3v) is 5.74. The van der Waals surface area contributed by atoms with Crippen molar-refractivity contribution < 1.29 is 9.53 Å². The topological polar surface area (TPSA) is 67.2 Å². The fraction of sp³-hybridized carbons (Fsp3) is 0.350. The molecule has 0 saturated carbocycles. The van der Waals surface area contributed by atoms with Gasteiger partial charge in [0.2, 0.25) is 5.91 Å². The van der Waals surface area contributed by atoms with Gasteiger partial charge in [-0.3, -0.25) is 18.9 Å². The predicted molar refractivity (Wildman–Crippen MR) is 108 cm³/mol. The van der Waals surface area contributed by atoms with Crippen LogP contribution in [0, 0.1) is 0 Å². The van der Waals surface area contributed by atoms with Crippen molar-refractivity contribution in [2.75, 3.05) is 33.3 Å². The summed E-state index contributed by atoms with van der Waals surface area (Å²) >= 11 is 1.46. The Labute approximate surface area is 166 Å². The first-order chi connectivity index (χ1) is 13.6. The zero-order valence-corrected chi connectivity index (χ0v) is 16.5. The van der Waals surface area contributed by atoms with Crippen LogP contribution in [0.5, 0.6) is 5.75 Å². The molecule has 146 valence electrons. The van der Waals surface area contributed by atoms with Crippen molar-refractivity contribution in [1.82, 2.24) is 19.2 Å². The molecule has 0 spiro atoms. The zero-order valence-electron chi connectivity index (χ0n) is 15.7. The zero-order chi connectivity index (χ0) is 19.5. The largest absolute Gasteiger partial charge is 0.497 e. The lowest BCUT2D eigenvalue weighted by Crippen LogP contribution is -2.48. The molecular formula is C20H22N4O3S. The van der Waals surface area contributed by atoms with Crippen LogP contribution in [0.3, 0.4) is 0 Å². The highest BCUT2D eigenvalue weighted by Crippen LogP contribution is 2.14. The number of piperazine rings is 1. The Balaban J connectivity index is 1.32. The SMILES string of the molecule is COc1ccc(CC(=O)N2CCN(Cc3cc(=O)n4ccsc4n3)CC2)cc1. The molecule has 1 fully saturated rings. The fourth-order valence-corrected chi connectivity index (χ4v) is 4.12. The number of hydrogen-bond donors (Lipinski definition) is 0. The first-order valence-corrected chi connectivity index (χ1v) is 10.1. The third kappa shape index (κ3) is 4.07.